The van der Waals surface area contributed by atoms with E-state index in [9.17, 15) is 14.7 Å². The van der Waals surface area contributed by atoms with Crippen molar-refractivity contribution in [1.82, 2.24) is 5.32 Å². The van der Waals surface area contributed by atoms with Crippen LogP contribution in [0, 0.1) is 0 Å². The van der Waals surface area contributed by atoms with Crippen LogP contribution in [0.15, 0.2) is 48.6 Å². The van der Waals surface area contributed by atoms with Gasteiger partial charge in [-0.25, -0.2) is 9.59 Å². The van der Waals surface area contributed by atoms with Crippen molar-refractivity contribution in [1.29, 1.82) is 0 Å². The predicted octanol–water partition coefficient (Wildman–Crippen LogP) is 3.11. The van der Waals surface area contributed by atoms with Gasteiger partial charge in [-0.1, -0.05) is 43.0 Å². The molecule has 36 heavy (non-hydrogen) atoms. The van der Waals surface area contributed by atoms with E-state index in [0.29, 0.717) is 44.0 Å². The molecule has 0 saturated carbocycles. The van der Waals surface area contributed by atoms with Crippen LogP contribution in [0.25, 0.3) is 10.8 Å². The molecule has 0 aliphatic heterocycles. The van der Waals surface area contributed by atoms with E-state index >= 15 is 0 Å². The molecule has 2 aromatic carbocycles. The summed E-state index contributed by atoms with van der Waals surface area (Å²) in [4.78, 5) is 23.8. The zero-order valence-corrected chi connectivity index (χ0v) is 20.5. The Morgan fingerprint density at radius 3 is 2.19 bits per heavy atom. The van der Waals surface area contributed by atoms with Gasteiger partial charge in [-0.05, 0) is 19.8 Å². The van der Waals surface area contributed by atoms with Crippen LogP contribution in [0.2, 0.25) is 0 Å². The van der Waals surface area contributed by atoms with E-state index in [4.69, 9.17) is 23.7 Å². The standard InChI is InChI=1S/C27H33NO8/c1-19(2)26(30)35-18-17-33-16-15-32-13-11-28-27(31)36-25-22-9-5-3-7-20(22)24(34-14-12-29)21-8-4-6-10-23(21)25/h3-7,9,29H,1,8,10-18H2,2H3,(H,28,31). The number of amides is 1. The normalized spacial score (nSPS) is 12.2. The number of nitrogens with one attached hydrogen (secondary N) is 1. The van der Waals surface area contributed by atoms with Gasteiger partial charge < -0.3 is 34.1 Å². The molecule has 1 aliphatic rings. The second-order valence-corrected chi connectivity index (χ2v) is 8.07. The summed E-state index contributed by atoms with van der Waals surface area (Å²) < 4.78 is 27.4. The third kappa shape index (κ3) is 7.55. The number of carbonyl (C=O) groups excluding carboxylic acids is 2. The Kier molecular flexibility index (Phi) is 10.7. The number of aliphatic hydroxyl groups excluding tert-OH is 1. The average molecular weight is 500 g/mol. The second-order valence-electron chi connectivity index (χ2n) is 8.07. The van der Waals surface area contributed by atoms with Crippen molar-refractivity contribution in [3.05, 3.63) is 59.7 Å². The van der Waals surface area contributed by atoms with Crippen molar-refractivity contribution in [2.24, 2.45) is 0 Å². The first-order chi connectivity index (χ1) is 17.5. The number of hydrogen-bond acceptors (Lipinski definition) is 8. The summed E-state index contributed by atoms with van der Waals surface area (Å²) in [5.74, 6) is 0.792. The minimum atomic E-state index is -0.569. The van der Waals surface area contributed by atoms with Crippen molar-refractivity contribution < 1.29 is 38.4 Å². The van der Waals surface area contributed by atoms with Crippen molar-refractivity contribution in [2.75, 3.05) is 52.8 Å². The number of esters is 1. The first-order valence-corrected chi connectivity index (χ1v) is 11.9. The lowest BCUT2D eigenvalue weighted by molar-refractivity contribution is -0.140. The van der Waals surface area contributed by atoms with Crippen LogP contribution < -0.4 is 14.8 Å². The molecule has 194 valence electrons. The third-order valence-corrected chi connectivity index (χ3v) is 5.37. The molecule has 0 spiro atoms. The fourth-order valence-corrected chi connectivity index (χ4v) is 3.73. The van der Waals surface area contributed by atoms with Crippen LogP contribution in [0.1, 0.15) is 18.1 Å². The SMILES string of the molecule is C=C(C)C(=O)OCCOCCOCCNC(=O)Oc1c2c(c(OCCO)c3ccccc13)CC=CC2. The molecular weight excluding hydrogens is 466 g/mol. The molecule has 2 N–H and O–H groups in total. The second kappa shape index (κ2) is 14.2. The number of hydrogen-bond donors (Lipinski definition) is 2. The number of aliphatic hydroxyl groups is 1. The lowest BCUT2D eigenvalue weighted by atomic mass is 9.90. The van der Waals surface area contributed by atoms with E-state index < -0.39 is 12.1 Å². The summed E-state index contributed by atoms with van der Waals surface area (Å²) in [6.07, 6.45) is 4.81. The Hall–Kier alpha value is -3.40. The molecule has 9 heteroatoms. The zero-order chi connectivity index (χ0) is 25.8. The number of benzene rings is 2. The van der Waals surface area contributed by atoms with Gasteiger partial charge in [0.1, 0.15) is 24.7 Å². The average Bonchev–Trinajstić information content (AvgIpc) is 2.89. The van der Waals surface area contributed by atoms with Crippen LogP contribution in [-0.4, -0.2) is 70.0 Å². The number of allylic oxidation sites excluding steroid dienone is 2. The molecule has 1 amide bonds. The van der Waals surface area contributed by atoms with E-state index in [1.807, 2.05) is 30.3 Å². The summed E-state index contributed by atoms with van der Waals surface area (Å²) in [7, 11) is 0. The van der Waals surface area contributed by atoms with Gasteiger partial charge in [-0.15, -0.1) is 0 Å². The fraction of sp³-hybridized carbons (Fsp3) is 0.407. The summed E-state index contributed by atoms with van der Waals surface area (Å²) >= 11 is 0. The Bertz CT molecular complexity index is 1090. The molecule has 0 radical (unpaired) electrons. The largest absolute Gasteiger partial charge is 0.490 e. The molecule has 1 aliphatic carbocycles. The highest BCUT2D eigenvalue weighted by Crippen LogP contribution is 2.43. The van der Waals surface area contributed by atoms with Crippen molar-refractivity contribution in [3.8, 4) is 11.5 Å². The molecule has 0 unspecified atom stereocenters. The predicted molar refractivity (Wildman–Crippen MR) is 135 cm³/mol. The quantitative estimate of drug-likeness (QED) is 0.177. The maximum atomic E-state index is 12.6. The minimum absolute atomic E-state index is 0.0847. The molecule has 0 bridgehead atoms. The maximum absolute atomic E-state index is 12.6. The highest BCUT2D eigenvalue weighted by Gasteiger charge is 2.23. The van der Waals surface area contributed by atoms with Gasteiger partial charge in [0.25, 0.3) is 0 Å². The highest BCUT2D eigenvalue weighted by molar-refractivity contribution is 5.97. The Morgan fingerprint density at radius 1 is 0.917 bits per heavy atom. The van der Waals surface area contributed by atoms with Gasteiger partial charge in [0.05, 0.1) is 33.0 Å². The van der Waals surface area contributed by atoms with Crippen molar-refractivity contribution >= 4 is 22.8 Å². The first-order valence-electron chi connectivity index (χ1n) is 11.9. The van der Waals surface area contributed by atoms with E-state index in [1.54, 1.807) is 6.92 Å². The number of carbonyl (C=O) groups is 2. The van der Waals surface area contributed by atoms with E-state index in [2.05, 4.69) is 18.0 Å². The number of fused-ring (bicyclic) bond motifs is 2. The molecule has 3 rings (SSSR count). The summed E-state index contributed by atoms with van der Waals surface area (Å²) in [5, 5.41) is 13.6. The van der Waals surface area contributed by atoms with Crippen LogP contribution in [0.4, 0.5) is 4.79 Å². The van der Waals surface area contributed by atoms with E-state index in [0.717, 1.165) is 27.6 Å². The zero-order valence-electron chi connectivity index (χ0n) is 20.5. The minimum Gasteiger partial charge on any atom is -0.490 e. The molecule has 2 aromatic rings. The van der Waals surface area contributed by atoms with Crippen LogP contribution in [0.5, 0.6) is 11.5 Å². The summed E-state index contributed by atoms with van der Waals surface area (Å²) in [6, 6.07) is 7.60. The third-order valence-electron chi connectivity index (χ3n) is 5.37. The molecule has 0 heterocycles. The first kappa shape index (κ1) is 27.2. The monoisotopic (exact) mass is 499 g/mol. The van der Waals surface area contributed by atoms with Gasteiger partial charge >= 0.3 is 12.1 Å². The molecule has 0 saturated heterocycles. The topological polar surface area (TPSA) is 113 Å². The lowest BCUT2D eigenvalue weighted by Gasteiger charge is -2.22. The highest BCUT2D eigenvalue weighted by atomic mass is 16.6. The van der Waals surface area contributed by atoms with Crippen LogP contribution >= 0.6 is 0 Å². The molecule has 0 atom stereocenters. The van der Waals surface area contributed by atoms with Gasteiger partial charge in [0, 0.05) is 34.0 Å². The van der Waals surface area contributed by atoms with Crippen molar-refractivity contribution in [2.45, 2.75) is 19.8 Å². The molecule has 0 aromatic heterocycles. The number of rotatable bonds is 14. The lowest BCUT2D eigenvalue weighted by Crippen LogP contribution is -2.31. The van der Waals surface area contributed by atoms with Crippen molar-refractivity contribution in [3.63, 3.8) is 0 Å². The van der Waals surface area contributed by atoms with Gasteiger partial charge in [-0.2, -0.15) is 0 Å². The van der Waals surface area contributed by atoms with Crippen LogP contribution in [0.3, 0.4) is 0 Å². The van der Waals surface area contributed by atoms with Crippen LogP contribution in [-0.2, 0) is 31.8 Å². The maximum Gasteiger partial charge on any atom is 0.412 e. The Morgan fingerprint density at radius 2 is 1.53 bits per heavy atom. The van der Waals surface area contributed by atoms with E-state index in [-0.39, 0.29) is 33.0 Å². The summed E-state index contributed by atoms with van der Waals surface area (Å²) in [6.45, 7) is 6.85. The van der Waals surface area contributed by atoms with E-state index in [1.165, 1.54) is 0 Å². The molecule has 9 nitrogen and oxygen atoms in total. The summed E-state index contributed by atoms with van der Waals surface area (Å²) in [5.41, 5.74) is 2.21. The van der Waals surface area contributed by atoms with Gasteiger partial charge in [0.2, 0.25) is 0 Å². The Labute approximate surface area is 210 Å². The Balaban J connectivity index is 1.47. The number of ether oxygens (including phenoxy) is 5. The van der Waals surface area contributed by atoms with Gasteiger partial charge in [-0.3, -0.25) is 0 Å². The fourth-order valence-electron chi connectivity index (χ4n) is 3.73. The van der Waals surface area contributed by atoms with Gasteiger partial charge in [0.15, 0.2) is 0 Å². The molecule has 0 fully saturated rings. The molecular formula is C27H33NO8. The smallest absolute Gasteiger partial charge is 0.412 e.